The average Bonchev–Trinajstić information content (AvgIpc) is 3.43. The molecule has 226 valence electrons. The number of azide groups is 1. The van der Waals surface area contributed by atoms with Crippen molar-refractivity contribution in [1.29, 1.82) is 0 Å². The molecule has 0 aromatic heterocycles. The fourth-order valence-corrected chi connectivity index (χ4v) is 5.10. The quantitative estimate of drug-likeness (QED) is 0.0909. The van der Waals surface area contributed by atoms with Crippen molar-refractivity contribution < 1.29 is 24.1 Å². The van der Waals surface area contributed by atoms with Gasteiger partial charge in [0.05, 0.1) is 20.3 Å². The highest BCUT2D eigenvalue weighted by molar-refractivity contribution is 6.01. The molecule has 4 rings (SSSR count). The van der Waals surface area contributed by atoms with Crippen molar-refractivity contribution >= 4 is 11.8 Å². The van der Waals surface area contributed by atoms with E-state index in [-0.39, 0.29) is 25.5 Å². The molecule has 2 atom stereocenters. The summed E-state index contributed by atoms with van der Waals surface area (Å²) in [5.41, 5.74) is 10.7. The van der Waals surface area contributed by atoms with E-state index in [2.05, 4.69) is 22.3 Å². The van der Waals surface area contributed by atoms with E-state index in [1.54, 1.807) is 7.11 Å². The van der Waals surface area contributed by atoms with Crippen molar-refractivity contribution in [2.24, 2.45) is 10.1 Å². The summed E-state index contributed by atoms with van der Waals surface area (Å²) >= 11 is 0. The molecule has 0 fully saturated rings. The zero-order chi connectivity index (χ0) is 30.5. The Bertz CT molecular complexity index is 1440. The van der Waals surface area contributed by atoms with Crippen molar-refractivity contribution in [1.82, 2.24) is 5.32 Å². The number of benzene rings is 3. The summed E-state index contributed by atoms with van der Waals surface area (Å²) in [6.45, 7) is 3.25. The summed E-state index contributed by atoms with van der Waals surface area (Å²) in [5, 5.41) is 16.0. The standard InChI is InChI=1S/C33H39N5O5/c1-3-4-7-18-35-32(40)33(22-26-10-5-6-11-27(26)23-36-38-34)30(25-12-8-13-29(21-25)41-2)43-31(37-33)24-14-16-28(17-15-24)42-20-9-19-39/h5-6,8,10-17,21,30,39H,3-4,7,9,18-20,22-23H2,1-2H3,(H,35,40)/t30-,33-/m1/s1. The maximum absolute atomic E-state index is 14.3. The molecule has 0 saturated carbocycles. The monoisotopic (exact) mass is 585 g/mol. The van der Waals surface area contributed by atoms with E-state index in [9.17, 15) is 4.79 Å². The van der Waals surface area contributed by atoms with Crippen molar-refractivity contribution in [3.05, 3.63) is 105 Å². The Hall–Kier alpha value is -4.53. The van der Waals surface area contributed by atoms with Crippen molar-refractivity contribution in [2.75, 3.05) is 26.9 Å². The van der Waals surface area contributed by atoms with Crippen LogP contribution in [-0.2, 0) is 22.5 Å². The summed E-state index contributed by atoms with van der Waals surface area (Å²) in [4.78, 5) is 22.3. The molecule has 0 bridgehead atoms. The Morgan fingerprint density at radius 2 is 1.86 bits per heavy atom. The molecule has 10 nitrogen and oxygen atoms in total. The summed E-state index contributed by atoms with van der Waals surface area (Å²) in [7, 11) is 1.60. The second-order valence-electron chi connectivity index (χ2n) is 10.4. The van der Waals surface area contributed by atoms with Crippen LogP contribution in [0.15, 0.2) is 82.9 Å². The second-order valence-corrected chi connectivity index (χ2v) is 10.4. The number of amides is 1. The fourth-order valence-electron chi connectivity index (χ4n) is 5.10. The molecule has 43 heavy (non-hydrogen) atoms. The topological polar surface area (TPSA) is 138 Å². The van der Waals surface area contributed by atoms with Crippen LogP contribution in [0.3, 0.4) is 0 Å². The minimum absolute atomic E-state index is 0.0585. The number of unbranched alkanes of at least 4 members (excludes halogenated alkanes) is 2. The normalized spacial score (nSPS) is 17.4. The van der Waals surface area contributed by atoms with Gasteiger partial charge in [-0.1, -0.05) is 61.3 Å². The number of nitrogens with one attached hydrogen (secondary N) is 1. The predicted octanol–water partition coefficient (Wildman–Crippen LogP) is 6.07. The molecular formula is C33H39N5O5. The molecule has 1 aliphatic heterocycles. The lowest BCUT2D eigenvalue weighted by Gasteiger charge is -2.31. The third kappa shape index (κ3) is 7.85. The fraction of sp³-hybridized carbons (Fsp3) is 0.394. The van der Waals surface area contributed by atoms with Gasteiger partial charge in [0, 0.05) is 36.5 Å². The number of aliphatic imine (C=N–C) groups is 1. The van der Waals surface area contributed by atoms with Crippen LogP contribution in [0.25, 0.3) is 10.4 Å². The van der Waals surface area contributed by atoms with E-state index >= 15 is 0 Å². The Labute approximate surface area is 252 Å². The lowest BCUT2D eigenvalue weighted by Crippen LogP contribution is -2.50. The van der Waals surface area contributed by atoms with Crippen LogP contribution in [-0.4, -0.2) is 49.3 Å². The highest BCUT2D eigenvalue weighted by Gasteiger charge is 2.53. The van der Waals surface area contributed by atoms with Gasteiger partial charge in [-0.3, -0.25) is 4.79 Å². The number of aliphatic hydroxyl groups excluding tert-OH is 1. The van der Waals surface area contributed by atoms with Gasteiger partial charge >= 0.3 is 0 Å². The maximum Gasteiger partial charge on any atom is 0.252 e. The van der Waals surface area contributed by atoms with E-state index < -0.39 is 11.6 Å². The molecule has 0 unspecified atom stereocenters. The number of carbonyl (C=O) groups excluding carboxylic acids is 1. The maximum atomic E-state index is 14.3. The zero-order valence-electron chi connectivity index (χ0n) is 24.7. The summed E-state index contributed by atoms with van der Waals surface area (Å²) in [6.07, 6.45) is 2.88. The van der Waals surface area contributed by atoms with Crippen LogP contribution in [0.1, 0.15) is 61.0 Å². The third-order valence-corrected chi connectivity index (χ3v) is 7.37. The summed E-state index contributed by atoms with van der Waals surface area (Å²) in [6, 6.07) is 22.4. The smallest absolute Gasteiger partial charge is 0.252 e. The molecule has 0 spiro atoms. The molecule has 0 aliphatic carbocycles. The van der Waals surface area contributed by atoms with E-state index in [1.807, 2.05) is 72.8 Å². The molecule has 1 heterocycles. The van der Waals surface area contributed by atoms with Crippen molar-refractivity contribution in [3.63, 3.8) is 0 Å². The largest absolute Gasteiger partial charge is 0.497 e. The SMILES string of the molecule is CCCCCNC(=O)[C@]1(Cc2ccccc2CN=[N+]=[N-])N=C(c2ccc(OCCCO)cc2)O[C@@H]1c1cccc(OC)c1. The number of aliphatic hydroxyl groups is 1. The molecule has 1 amide bonds. The lowest BCUT2D eigenvalue weighted by atomic mass is 9.80. The minimum Gasteiger partial charge on any atom is -0.497 e. The third-order valence-electron chi connectivity index (χ3n) is 7.37. The van der Waals surface area contributed by atoms with Gasteiger partial charge in [0.25, 0.3) is 5.91 Å². The van der Waals surface area contributed by atoms with Crippen LogP contribution < -0.4 is 14.8 Å². The van der Waals surface area contributed by atoms with Gasteiger partial charge in [-0.25, -0.2) is 4.99 Å². The first-order valence-corrected chi connectivity index (χ1v) is 14.6. The molecule has 1 aliphatic rings. The molecule has 0 radical (unpaired) electrons. The predicted molar refractivity (Wildman–Crippen MR) is 165 cm³/mol. The van der Waals surface area contributed by atoms with Crippen molar-refractivity contribution in [3.8, 4) is 11.5 Å². The lowest BCUT2D eigenvalue weighted by molar-refractivity contribution is -0.128. The first-order valence-electron chi connectivity index (χ1n) is 14.6. The average molecular weight is 586 g/mol. The van der Waals surface area contributed by atoms with Gasteiger partial charge in [0.15, 0.2) is 11.6 Å². The molecule has 3 aromatic rings. The van der Waals surface area contributed by atoms with Gasteiger partial charge in [0.1, 0.15) is 11.5 Å². The van der Waals surface area contributed by atoms with Crippen molar-refractivity contribution in [2.45, 2.75) is 57.2 Å². The Balaban J connectivity index is 1.81. The van der Waals surface area contributed by atoms with Crippen LogP contribution in [0.2, 0.25) is 0 Å². The Kier molecular flexibility index (Phi) is 11.4. The number of methoxy groups -OCH3 is 1. The van der Waals surface area contributed by atoms with Crippen LogP contribution in [0, 0.1) is 0 Å². The number of hydrogen-bond donors (Lipinski definition) is 2. The number of hydrogen-bond acceptors (Lipinski definition) is 7. The van der Waals surface area contributed by atoms with Gasteiger partial charge in [0.2, 0.25) is 5.90 Å². The van der Waals surface area contributed by atoms with E-state index in [0.717, 1.165) is 36.0 Å². The second kappa shape index (κ2) is 15.6. The number of carbonyl (C=O) groups is 1. The molecule has 3 aromatic carbocycles. The molecular weight excluding hydrogens is 546 g/mol. The van der Waals surface area contributed by atoms with Crippen LogP contribution in [0.4, 0.5) is 0 Å². The minimum atomic E-state index is -1.36. The molecule has 10 heteroatoms. The number of rotatable bonds is 16. The Morgan fingerprint density at radius 1 is 1.07 bits per heavy atom. The molecule has 0 saturated heterocycles. The first-order chi connectivity index (χ1) is 21.0. The highest BCUT2D eigenvalue weighted by atomic mass is 16.5. The summed E-state index contributed by atoms with van der Waals surface area (Å²) < 4.78 is 17.8. The van der Waals surface area contributed by atoms with E-state index in [1.165, 1.54) is 0 Å². The van der Waals surface area contributed by atoms with Crippen LogP contribution >= 0.6 is 0 Å². The number of nitrogens with zero attached hydrogens (tertiary/aromatic N) is 4. The molecule has 2 N–H and O–H groups in total. The first kappa shape index (κ1) is 31.4. The zero-order valence-corrected chi connectivity index (χ0v) is 24.7. The van der Waals surface area contributed by atoms with E-state index in [0.29, 0.717) is 42.5 Å². The van der Waals surface area contributed by atoms with Gasteiger partial charge < -0.3 is 24.6 Å². The van der Waals surface area contributed by atoms with Gasteiger partial charge in [-0.15, -0.1) is 0 Å². The van der Waals surface area contributed by atoms with Crippen LogP contribution in [0.5, 0.6) is 11.5 Å². The summed E-state index contributed by atoms with van der Waals surface area (Å²) in [5.74, 6) is 1.40. The van der Waals surface area contributed by atoms with Gasteiger partial charge in [-0.2, -0.15) is 0 Å². The van der Waals surface area contributed by atoms with Gasteiger partial charge in [-0.05, 0) is 65.0 Å². The number of ether oxygens (including phenoxy) is 3. The highest BCUT2D eigenvalue weighted by Crippen LogP contribution is 2.43. The van der Waals surface area contributed by atoms with E-state index in [4.69, 9.17) is 29.8 Å². The Morgan fingerprint density at radius 3 is 2.58 bits per heavy atom.